The van der Waals surface area contributed by atoms with Crippen LogP contribution in [0.2, 0.25) is 0 Å². The molecule has 2 rings (SSSR count). The van der Waals surface area contributed by atoms with Gasteiger partial charge in [-0.2, -0.15) is 0 Å². The van der Waals surface area contributed by atoms with Gasteiger partial charge < -0.3 is 4.90 Å². The Morgan fingerprint density at radius 3 is 2.38 bits per heavy atom. The van der Waals surface area contributed by atoms with E-state index in [1.165, 1.54) is 44.9 Å². The van der Waals surface area contributed by atoms with E-state index in [-0.39, 0.29) is 0 Å². The van der Waals surface area contributed by atoms with Gasteiger partial charge >= 0.3 is 0 Å². The lowest BCUT2D eigenvalue weighted by atomic mass is 9.87. The monoisotopic (exact) mass is 181 g/mol. The molecular formula is C12H23N. The third kappa shape index (κ3) is 2.07. The highest BCUT2D eigenvalue weighted by atomic mass is 15.1. The van der Waals surface area contributed by atoms with Gasteiger partial charge in [0.15, 0.2) is 0 Å². The smallest absolute Gasteiger partial charge is 0.0117 e. The molecule has 0 heterocycles. The fraction of sp³-hybridized carbons (Fsp3) is 1.00. The minimum atomic E-state index is 0.894. The van der Waals surface area contributed by atoms with E-state index in [2.05, 4.69) is 19.0 Å². The van der Waals surface area contributed by atoms with Crippen LogP contribution in [0.5, 0.6) is 0 Å². The summed E-state index contributed by atoms with van der Waals surface area (Å²) in [6, 6.07) is 0.894. The van der Waals surface area contributed by atoms with Crippen LogP contribution in [0.4, 0.5) is 0 Å². The van der Waals surface area contributed by atoms with Gasteiger partial charge in [-0.3, -0.25) is 0 Å². The van der Waals surface area contributed by atoms with Crippen molar-refractivity contribution < 1.29 is 0 Å². The number of fused-ring (bicyclic) bond motifs is 3. The topological polar surface area (TPSA) is 3.24 Å². The second-order valence-electron chi connectivity index (χ2n) is 5.24. The second-order valence-corrected chi connectivity index (χ2v) is 5.24. The normalized spacial score (nSPS) is 40.4. The van der Waals surface area contributed by atoms with Crippen LogP contribution in [0.1, 0.15) is 44.9 Å². The zero-order valence-electron chi connectivity index (χ0n) is 9.13. The Bertz CT molecular complexity index is 165. The van der Waals surface area contributed by atoms with Crippen LogP contribution in [-0.2, 0) is 0 Å². The first-order valence-corrected chi connectivity index (χ1v) is 5.94. The van der Waals surface area contributed by atoms with E-state index in [0.717, 1.165) is 17.9 Å². The Labute approximate surface area is 82.5 Å². The Morgan fingerprint density at radius 1 is 0.846 bits per heavy atom. The van der Waals surface area contributed by atoms with E-state index >= 15 is 0 Å². The van der Waals surface area contributed by atoms with Gasteiger partial charge in [-0.25, -0.2) is 0 Å². The number of hydrogen-bond acceptors (Lipinski definition) is 1. The van der Waals surface area contributed by atoms with Crippen LogP contribution in [-0.4, -0.2) is 25.0 Å². The van der Waals surface area contributed by atoms with Gasteiger partial charge in [-0.15, -0.1) is 0 Å². The predicted octanol–water partition coefficient (Wildman–Crippen LogP) is 2.91. The van der Waals surface area contributed by atoms with Crippen molar-refractivity contribution in [1.82, 2.24) is 4.90 Å². The zero-order valence-corrected chi connectivity index (χ0v) is 9.13. The van der Waals surface area contributed by atoms with Crippen LogP contribution in [0.25, 0.3) is 0 Å². The molecule has 1 nitrogen and oxygen atoms in total. The molecule has 1 heteroatoms. The lowest BCUT2D eigenvalue weighted by Crippen LogP contribution is -2.34. The highest BCUT2D eigenvalue weighted by Gasteiger charge is 2.30. The van der Waals surface area contributed by atoms with Crippen molar-refractivity contribution in [3.05, 3.63) is 0 Å². The summed E-state index contributed by atoms with van der Waals surface area (Å²) in [6.07, 6.45) is 10.5. The largest absolute Gasteiger partial charge is 0.306 e. The Kier molecular flexibility index (Phi) is 2.92. The van der Waals surface area contributed by atoms with Crippen LogP contribution < -0.4 is 0 Å². The minimum absolute atomic E-state index is 0.894. The van der Waals surface area contributed by atoms with Crippen molar-refractivity contribution in [1.29, 1.82) is 0 Å². The summed E-state index contributed by atoms with van der Waals surface area (Å²) < 4.78 is 0. The molecule has 0 aromatic heterocycles. The molecular weight excluding hydrogens is 158 g/mol. The quantitative estimate of drug-likeness (QED) is 0.601. The molecule has 3 unspecified atom stereocenters. The van der Waals surface area contributed by atoms with Gasteiger partial charge in [-0.1, -0.05) is 19.3 Å². The molecule has 2 aliphatic rings. The molecule has 2 aliphatic carbocycles. The zero-order chi connectivity index (χ0) is 9.26. The third-order valence-corrected chi connectivity index (χ3v) is 4.21. The summed E-state index contributed by atoms with van der Waals surface area (Å²) in [5.74, 6) is 2.09. The van der Waals surface area contributed by atoms with E-state index < -0.39 is 0 Å². The van der Waals surface area contributed by atoms with Gasteiger partial charge in [0.05, 0.1) is 0 Å². The molecule has 0 aromatic rings. The SMILES string of the molecule is CN(C)C1CCC2CCCC1CC2. The first kappa shape index (κ1) is 9.51. The summed E-state index contributed by atoms with van der Waals surface area (Å²) >= 11 is 0. The molecule has 0 N–H and O–H groups in total. The minimum Gasteiger partial charge on any atom is -0.306 e. The molecule has 0 aromatic carbocycles. The van der Waals surface area contributed by atoms with E-state index in [4.69, 9.17) is 0 Å². The predicted molar refractivity (Wildman–Crippen MR) is 56.8 cm³/mol. The van der Waals surface area contributed by atoms with E-state index in [0.29, 0.717) is 0 Å². The lowest BCUT2D eigenvalue weighted by Gasteiger charge is -2.31. The standard InChI is InChI=1S/C12H23N/c1-13(2)12-9-7-10-4-3-5-11(12)8-6-10/h10-12H,3-9H2,1-2H3. The maximum atomic E-state index is 2.47. The van der Waals surface area contributed by atoms with Crippen molar-refractivity contribution in [2.24, 2.45) is 11.8 Å². The fourth-order valence-electron chi connectivity index (χ4n) is 3.40. The van der Waals surface area contributed by atoms with Crippen molar-refractivity contribution in [3.63, 3.8) is 0 Å². The first-order valence-electron chi connectivity index (χ1n) is 5.94. The molecule has 2 fully saturated rings. The highest BCUT2D eigenvalue weighted by Crippen LogP contribution is 2.38. The van der Waals surface area contributed by atoms with Crippen molar-refractivity contribution in [3.8, 4) is 0 Å². The Balaban J connectivity index is 2.06. The summed E-state index contributed by atoms with van der Waals surface area (Å²) in [6.45, 7) is 0. The van der Waals surface area contributed by atoms with Gasteiger partial charge in [0, 0.05) is 6.04 Å². The molecule has 0 amide bonds. The molecule has 0 saturated heterocycles. The van der Waals surface area contributed by atoms with E-state index in [1.807, 2.05) is 0 Å². The number of hydrogen-bond donors (Lipinski definition) is 0. The van der Waals surface area contributed by atoms with Crippen LogP contribution in [0.3, 0.4) is 0 Å². The van der Waals surface area contributed by atoms with Crippen LogP contribution in [0.15, 0.2) is 0 Å². The Hall–Kier alpha value is -0.0400. The molecule has 0 aliphatic heterocycles. The fourth-order valence-corrected chi connectivity index (χ4v) is 3.40. The van der Waals surface area contributed by atoms with Crippen molar-refractivity contribution >= 4 is 0 Å². The average molecular weight is 181 g/mol. The maximum Gasteiger partial charge on any atom is 0.0117 e. The highest BCUT2D eigenvalue weighted by molar-refractivity contribution is 4.84. The average Bonchev–Trinajstić information content (AvgIpc) is 2.35. The van der Waals surface area contributed by atoms with Gasteiger partial charge in [0.1, 0.15) is 0 Å². The lowest BCUT2D eigenvalue weighted by molar-refractivity contribution is 0.181. The molecule has 0 spiro atoms. The third-order valence-electron chi connectivity index (χ3n) is 4.21. The molecule has 76 valence electrons. The summed E-state index contributed by atoms with van der Waals surface area (Å²) in [5, 5.41) is 0. The van der Waals surface area contributed by atoms with Gasteiger partial charge in [0.25, 0.3) is 0 Å². The molecule has 0 radical (unpaired) electrons. The maximum absolute atomic E-state index is 2.47. The summed E-state index contributed by atoms with van der Waals surface area (Å²) in [5.41, 5.74) is 0. The molecule has 2 bridgehead atoms. The van der Waals surface area contributed by atoms with Crippen LogP contribution >= 0.6 is 0 Å². The summed E-state index contributed by atoms with van der Waals surface area (Å²) in [4.78, 5) is 2.47. The molecule has 13 heavy (non-hydrogen) atoms. The van der Waals surface area contributed by atoms with E-state index in [1.54, 1.807) is 0 Å². The number of rotatable bonds is 1. The van der Waals surface area contributed by atoms with Crippen molar-refractivity contribution in [2.75, 3.05) is 14.1 Å². The molecule has 3 atom stereocenters. The van der Waals surface area contributed by atoms with Crippen molar-refractivity contribution in [2.45, 2.75) is 51.0 Å². The van der Waals surface area contributed by atoms with E-state index in [9.17, 15) is 0 Å². The first-order chi connectivity index (χ1) is 6.27. The second kappa shape index (κ2) is 4.00. The Morgan fingerprint density at radius 2 is 1.62 bits per heavy atom. The van der Waals surface area contributed by atoms with Gasteiger partial charge in [0.2, 0.25) is 0 Å². The summed E-state index contributed by atoms with van der Waals surface area (Å²) in [7, 11) is 4.53. The van der Waals surface area contributed by atoms with Crippen LogP contribution in [0, 0.1) is 11.8 Å². The molecule has 2 saturated carbocycles. The number of nitrogens with zero attached hydrogens (tertiary/aromatic N) is 1. The van der Waals surface area contributed by atoms with Gasteiger partial charge in [-0.05, 0) is 51.6 Å².